The Morgan fingerprint density at radius 3 is 1.43 bits per heavy atom. The minimum Gasteiger partial charge on any atom is -0.478 e. The second-order valence-corrected chi connectivity index (χ2v) is 10.1. The molecular weight excluding hydrogens is 488 g/mol. The highest BCUT2D eigenvalue weighted by Crippen LogP contribution is 2.14. The number of hydrogen-bond donors (Lipinski definition) is 1. The number of hydrogen-bond acceptors (Lipinski definition) is 10. The maximum absolute atomic E-state index is 12.4. The topological polar surface area (TPSA) is 133 Å². The number of amides is 2. The van der Waals surface area contributed by atoms with E-state index in [4.69, 9.17) is 33.5 Å². The summed E-state index contributed by atoms with van der Waals surface area (Å²) in [4.78, 5) is 38.1. The van der Waals surface area contributed by atoms with E-state index in [2.05, 4.69) is 0 Å². The van der Waals surface area contributed by atoms with Crippen molar-refractivity contribution in [2.75, 3.05) is 79.5 Å². The number of likely N-dealkylation sites (N-methyl/N-ethyl adjacent to an activating group) is 1. The van der Waals surface area contributed by atoms with Gasteiger partial charge in [0.25, 0.3) is 0 Å². The molecule has 0 aromatic heterocycles. The number of ether oxygens (including phenoxy) is 6. The molecule has 0 saturated carbocycles. The van der Waals surface area contributed by atoms with E-state index in [0.29, 0.717) is 52.7 Å². The lowest BCUT2D eigenvalue weighted by molar-refractivity contribution is -0.131. The average molecular weight is 535 g/mol. The predicted molar refractivity (Wildman–Crippen MR) is 137 cm³/mol. The van der Waals surface area contributed by atoms with E-state index in [0.717, 1.165) is 11.0 Å². The lowest BCUT2D eigenvalue weighted by Crippen LogP contribution is -2.45. The molecule has 0 radical (unpaired) electrons. The standard InChI is InChI=1S/C25H46N2O10/c1-24(2,3)36-22(30)27(23(31)37-25(4,5)6)12-14-33-16-18-35-20-19-34-17-15-32-13-11-26(7)10-8-9-21(28)29/h8-9H,10-20H2,1-7H3,(H,28,29)/b9-8+. The number of rotatable bonds is 18. The van der Waals surface area contributed by atoms with Crippen LogP contribution in [0, 0.1) is 0 Å². The van der Waals surface area contributed by atoms with Crippen molar-refractivity contribution in [1.29, 1.82) is 0 Å². The van der Waals surface area contributed by atoms with Crippen LogP contribution in [0.4, 0.5) is 9.59 Å². The zero-order valence-electron chi connectivity index (χ0n) is 23.4. The Hall–Kier alpha value is -2.25. The van der Waals surface area contributed by atoms with E-state index in [1.807, 2.05) is 11.9 Å². The highest BCUT2D eigenvalue weighted by Gasteiger charge is 2.30. The number of aliphatic carboxylic acids is 1. The van der Waals surface area contributed by atoms with Gasteiger partial charge >= 0.3 is 18.2 Å². The summed E-state index contributed by atoms with van der Waals surface area (Å²) >= 11 is 0. The summed E-state index contributed by atoms with van der Waals surface area (Å²) in [7, 11) is 1.88. The molecule has 12 nitrogen and oxygen atoms in total. The van der Waals surface area contributed by atoms with Gasteiger partial charge < -0.3 is 38.4 Å². The molecule has 12 heteroatoms. The molecule has 0 aliphatic heterocycles. The van der Waals surface area contributed by atoms with Crippen LogP contribution >= 0.6 is 0 Å². The van der Waals surface area contributed by atoms with E-state index < -0.39 is 29.4 Å². The molecule has 2 amide bonds. The first-order valence-corrected chi connectivity index (χ1v) is 12.3. The van der Waals surface area contributed by atoms with E-state index in [1.165, 1.54) is 0 Å². The molecule has 0 aliphatic rings. The normalized spacial score (nSPS) is 12.2. The quantitative estimate of drug-likeness (QED) is 0.205. The fourth-order valence-electron chi connectivity index (χ4n) is 2.45. The highest BCUT2D eigenvalue weighted by atomic mass is 16.6. The van der Waals surface area contributed by atoms with E-state index >= 15 is 0 Å². The zero-order chi connectivity index (χ0) is 28.3. The number of carboxylic acid groups (broad SMARTS) is 1. The van der Waals surface area contributed by atoms with Crippen molar-refractivity contribution < 1.29 is 47.9 Å². The molecule has 216 valence electrons. The fourth-order valence-corrected chi connectivity index (χ4v) is 2.45. The Balaban J connectivity index is 3.88. The molecule has 0 heterocycles. The Morgan fingerprint density at radius 1 is 0.676 bits per heavy atom. The van der Waals surface area contributed by atoms with Crippen LogP contribution in [-0.2, 0) is 33.2 Å². The first kappa shape index (κ1) is 34.8. The molecule has 0 bridgehead atoms. The molecule has 0 fully saturated rings. The van der Waals surface area contributed by atoms with Crippen molar-refractivity contribution in [1.82, 2.24) is 9.80 Å². The van der Waals surface area contributed by atoms with Crippen LogP contribution < -0.4 is 0 Å². The predicted octanol–water partition coefficient (Wildman–Crippen LogP) is 2.80. The third kappa shape index (κ3) is 22.7. The van der Waals surface area contributed by atoms with Gasteiger partial charge in [0, 0.05) is 19.2 Å². The molecule has 0 spiro atoms. The Bertz CT molecular complexity index is 658. The van der Waals surface area contributed by atoms with Crippen molar-refractivity contribution in [3.63, 3.8) is 0 Å². The lowest BCUT2D eigenvalue weighted by Gasteiger charge is -2.28. The van der Waals surface area contributed by atoms with Crippen LogP contribution in [0.15, 0.2) is 12.2 Å². The number of nitrogens with zero attached hydrogens (tertiary/aromatic N) is 2. The third-order valence-corrected chi connectivity index (χ3v) is 4.10. The van der Waals surface area contributed by atoms with Crippen LogP contribution in [0.5, 0.6) is 0 Å². The van der Waals surface area contributed by atoms with Crippen molar-refractivity contribution in [3.8, 4) is 0 Å². The minimum absolute atomic E-state index is 0.0121. The van der Waals surface area contributed by atoms with Gasteiger partial charge in [-0.15, -0.1) is 0 Å². The first-order valence-electron chi connectivity index (χ1n) is 12.3. The van der Waals surface area contributed by atoms with E-state index in [9.17, 15) is 14.4 Å². The summed E-state index contributed by atoms with van der Waals surface area (Å²) in [5.74, 6) is -0.958. The van der Waals surface area contributed by atoms with Gasteiger partial charge in [-0.1, -0.05) is 6.08 Å². The maximum atomic E-state index is 12.4. The van der Waals surface area contributed by atoms with E-state index in [-0.39, 0.29) is 19.8 Å². The van der Waals surface area contributed by atoms with Crippen LogP contribution in [0.3, 0.4) is 0 Å². The van der Waals surface area contributed by atoms with Crippen molar-refractivity contribution in [3.05, 3.63) is 12.2 Å². The highest BCUT2D eigenvalue weighted by molar-refractivity contribution is 5.88. The largest absolute Gasteiger partial charge is 0.478 e. The van der Waals surface area contributed by atoms with Gasteiger partial charge in [0.2, 0.25) is 0 Å². The van der Waals surface area contributed by atoms with Crippen LogP contribution in [-0.4, -0.2) is 124 Å². The monoisotopic (exact) mass is 534 g/mol. The molecule has 0 atom stereocenters. The molecular formula is C25H46N2O10. The van der Waals surface area contributed by atoms with Crippen LogP contribution in [0.2, 0.25) is 0 Å². The van der Waals surface area contributed by atoms with Gasteiger partial charge in [0.15, 0.2) is 0 Å². The van der Waals surface area contributed by atoms with Crippen molar-refractivity contribution in [2.24, 2.45) is 0 Å². The molecule has 0 unspecified atom stereocenters. The van der Waals surface area contributed by atoms with Crippen molar-refractivity contribution >= 4 is 18.2 Å². The summed E-state index contributed by atoms with van der Waals surface area (Å²) in [5, 5.41) is 8.54. The average Bonchev–Trinajstić information content (AvgIpc) is 2.73. The summed E-state index contributed by atoms with van der Waals surface area (Å²) in [5.41, 5.74) is -1.50. The van der Waals surface area contributed by atoms with Gasteiger partial charge in [-0.05, 0) is 48.6 Å². The Labute approximate surface area is 220 Å². The fraction of sp³-hybridized carbons (Fsp3) is 0.800. The molecule has 0 saturated heterocycles. The molecule has 0 aliphatic carbocycles. The van der Waals surface area contributed by atoms with Gasteiger partial charge in [0.1, 0.15) is 11.2 Å². The molecule has 0 aromatic rings. The summed E-state index contributed by atoms with van der Waals surface area (Å²) in [6.07, 6.45) is 1.12. The first-order chi connectivity index (χ1) is 17.2. The number of carbonyl (C=O) groups is 3. The summed E-state index contributed by atoms with van der Waals surface area (Å²) < 4.78 is 32.4. The smallest absolute Gasteiger partial charge is 0.419 e. The van der Waals surface area contributed by atoms with Gasteiger partial charge in [-0.25, -0.2) is 19.3 Å². The number of carboxylic acids is 1. The van der Waals surface area contributed by atoms with Gasteiger partial charge in [0.05, 0.1) is 59.4 Å². The Morgan fingerprint density at radius 2 is 1.05 bits per heavy atom. The Kier molecular flexibility index (Phi) is 17.8. The minimum atomic E-state index is -0.958. The van der Waals surface area contributed by atoms with Crippen molar-refractivity contribution in [2.45, 2.75) is 52.7 Å². The summed E-state index contributed by atoms with van der Waals surface area (Å²) in [6, 6.07) is 0. The SMILES string of the molecule is CN(C/C=C/C(=O)O)CCOCCOCCOCCOCCN(C(=O)OC(C)(C)C)C(=O)OC(C)(C)C. The van der Waals surface area contributed by atoms with Crippen LogP contribution in [0.25, 0.3) is 0 Å². The number of imide groups is 1. The van der Waals surface area contributed by atoms with Gasteiger partial charge in [-0.3, -0.25) is 0 Å². The second-order valence-electron chi connectivity index (χ2n) is 10.1. The second kappa shape index (κ2) is 18.9. The van der Waals surface area contributed by atoms with E-state index in [1.54, 1.807) is 47.6 Å². The molecule has 37 heavy (non-hydrogen) atoms. The zero-order valence-corrected chi connectivity index (χ0v) is 23.4. The maximum Gasteiger partial charge on any atom is 0.419 e. The molecule has 1 N–H and O–H groups in total. The van der Waals surface area contributed by atoms with Gasteiger partial charge in [-0.2, -0.15) is 0 Å². The third-order valence-electron chi connectivity index (χ3n) is 4.10. The molecule has 0 aromatic carbocycles. The lowest BCUT2D eigenvalue weighted by atomic mass is 10.2. The van der Waals surface area contributed by atoms with Crippen LogP contribution in [0.1, 0.15) is 41.5 Å². The molecule has 0 rings (SSSR count). The number of carbonyl (C=O) groups excluding carboxylic acids is 2. The summed E-state index contributed by atoms with van der Waals surface area (Å²) in [6.45, 7) is 14.5.